The minimum absolute atomic E-state index is 0.355. The second-order valence-electron chi connectivity index (χ2n) is 5.56. The Kier molecular flexibility index (Phi) is 5.22. The van der Waals surface area contributed by atoms with Crippen molar-refractivity contribution < 1.29 is 0 Å². The molecule has 1 aromatic rings. The van der Waals surface area contributed by atoms with Gasteiger partial charge >= 0.3 is 0 Å². The van der Waals surface area contributed by atoms with E-state index in [0.717, 1.165) is 16.9 Å². The first kappa shape index (κ1) is 14.0. The molecule has 2 nitrogen and oxygen atoms in total. The fraction of sp³-hybridized carbons (Fsp3) is 0.600. The van der Waals surface area contributed by atoms with Crippen molar-refractivity contribution in [2.45, 2.75) is 38.8 Å². The second-order valence-corrected chi connectivity index (χ2v) is 6.47. The van der Waals surface area contributed by atoms with Crippen LogP contribution >= 0.6 is 15.9 Å². The van der Waals surface area contributed by atoms with Crippen molar-refractivity contribution in [1.29, 1.82) is 0 Å². The molecule has 1 atom stereocenters. The van der Waals surface area contributed by atoms with Gasteiger partial charge in [0.05, 0.1) is 0 Å². The summed E-state index contributed by atoms with van der Waals surface area (Å²) in [6.45, 7) is 5.63. The summed E-state index contributed by atoms with van der Waals surface area (Å²) in [5.74, 6) is 0.839. The third kappa shape index (κ3) is 4.38. The summed E-state index contributed by atoms with van der Waals surface area (Å²) in [6, 6.07) is 9.01. The molecule has 0 bridgehead atoms. The van der Waals surface area contributed by atoms with E-state index in [4.69, 9.17) is 5.73 Å². The zero-order valence-electron chi connectivity index (χ0n) is 11.1. The highest BCUT2D eigenvalue weighted by atomic mass is 79.9. The summed E-state index contributed by atoms with van der Waals surface area (Å²) >= 11 is 3.48. The largest absolute Gasteiger partial charge is 0.328 e. The van der Waals surface area contributed by atoms with Gasteiger partial charge in [-0.2, -0.15) is 0 Å². The zero-order chi connectivity index (χ0) is 13.0. The molecule has 3 heteroatoms. The van der Waals surface area contributed by atoms with Crippen LogP contribution in [0.2, 0.25) is 0 Å². The maximum absolute atomic E-state index is 5.88. The van der Waals surface area contributed by atoms with Crippen molar-refractivity contribution in [3.05, 3.63) is 34.3 Å². The fourth-order valence-corrected chi connectivity index (χ4v) is 3.02. The molecule has 0 radical (unpaired) electrons. The molecule has 1 aliphatic heterocycles. The van der Waals surface area contributed by atoms with Crippen molar-refractivity contribution in [2.75, 3.05) is 13.1 Å². The van der Waals surface area contributed by atoms with Crippen LogP contribution in [0.4, 0.5) is 0 Å². The number of nitrogens with two attached hydrogens (primary N) is 1. The first-order valence-electron chi connectivity index (χ1n) is 6.86. The van der Waals surface area contributed by atoms with E-state index >= 15 is 0 Å². The van der Waals surface area contributed by atoms with Crippen molar-refractivity contribution >= 4 is 15.9 Å². The van der Waals surface area contributed by atoms with Gasteiger partial charge in [-0.05, 0) is 62.9 Å². The van der Waals surface area contributed by atoms with Crippen LogP contribution in [-0.4, -0.2) is 24.0 Å². The summed E-state index contributed by atoms with van der Waals surface area (Å²) in [5, 5.41) is 0. The lowest BCUT2D eigenvalue weighted by molar-refractivity contribution is 0.169. The lowest BCUT2D eigenvalue weighted by Gasteiger charge is -2.32. The molecule has 1 heterocycles. The number of hydrogen-bond acceptors (Lipinski definition) is 2. The van der Waals surface area contributed by atoms with E-state index in [2.05, 4.69) is 52.0 Å². The Morgan fingerprint density at radius 3 is 2.44 bits per heavy atom. The van der Waals surface area contributed by atoms with Gasteiger partial charge in [-0.3, -0.25) is 4.90 Å². The van der Waals surface area contributed by atoms with Crippen LogP contribution < -0.4 is 5.73 Å². The van der Waals surface area contributed by atoms with Crippen LogP contribution in [0.5, 0.6) is 0 Å². The highest BCUT2D eigenvalue weighted by Crippen LogP contribution is 2.23. The van der Waals surface area contributed by atoms with Crippen LogP contribution in [0.1, 0.15) is 31.7 Å². The Labute approximate surface area is 119 Å². The number of hydrogen-bond donors (Lipinski definition) is 1. The van der Waals surface area contributed by atoms with E-state index in [1.165, 1.54) is 37.9 Å². The predicted molar refractivity (Wildman–Crippen MR) is 80.4 cm³/mol. The topological polar surface area (TPSA) is 29.3 Å². The van der Waals surface area contributed by atoms with Gasteiger partial charge in [-0.25, -0.2) is 0 Å². The molecule has 18 heavy (non-hydrogen) atoms. The minimum atomic E-state index is 0.355. The van der Waals surface area contributed by atoms with Gasteiger partial charge in [0.15, 0.2) is 0 Å². The molecule has 0 saturated carbocycles. The van der Waals surface area contributed by atoms with Gasteiger partial charge in [0.2, 0.25) is 0 Å². The molecule has 1 fully saturated rings. The maximum atomic E-state index is 5.88. The first-order valence-corrected chi connectivity index (χ1v) is 7.65. The Hall–Kier alpha value is -0.380. The molecule has 100 valence electrons. The van der Waals surface area contributed by atoms with E-state index < -0.39 is 0 Å². The van der Waals surface area contributed by atoms with E-state index in [1.807, 2.05) is 0 Å². The SMILES string of the molecule is CC(N)CC1CCN(Cc2ccc(Br)cc2)CC1. The predicted octanol–water partition coefficient (Wildman–Crippen LogP) is 3.40. The molecular formula is C15H23BrN2. The summed E-state index contributed by atoms with van der Waals surface area (Å²) < 4.78 is 1.15. The molecule has 0 spiro atoms. The Bertz CT molecular complexity index is 353. The van der Waals surface area contributed by atoms with Gasteiger partial charge in [-0.1, -0.05) is 28.1 Å². The van der Waals surface area contributed by atoms with Gasteiger partial charge in [0.25, 0.3) is 0 Å². The van der Waals surface area contributed by atoms with Crippen molar-refractivity contribution in [1.82, 2.24) is 4.90 Å². The summed E-state index contributed by atoms with van der Waals surface area (Å²) in [5.41, 5.74) is 7.28. The third-order valence-corrected chi connectivity index (χ3v) is 4.26. The molecule has 1 saturated heterocycles. The third-order valence-electron chi connectivity index (χ3n) is 3.73. The van der Waals surface area contributed by atoms with Crippen molar-refractivity contribution in [3.8, 4) is 0 Å². The van der Waals surface area contributed by atoms with Gasteiger partial charge in [0.1, 0.15) is 0 Å². The lowest BCUT2D eigenvalue weighted by Crippen LogP contribution is -2.35. The van der Waals surface area contributed by atoms with Crippen molar-refractivity contribution in [2.24, 2.45) is 11.7 Å². The fourth-order valence-electron chi connectivity index (χ4n) is 2.75. The summed E-state index contributed by atoms with van der Waals surface area (Å²) in [4.78, 5) is 2.56. The Balaban J connectivity index is 1.78. The van der Waals surface area contributed by atoms with Gasteiger partial charge in [0, 0.05) is 17.1 Å². The van der Waals surface area contributed by atoms with E-state index in [9.17, 15) is 0 Å². The standard InChI is InChI=1S/C15H23BrN2/c1-12(17)10-13-6-8-18(9-7-13)11-14-2-4-15(16)5-3-14/h2-5,12-13H,6-11,17H2,1H3. The highest BCUT2D eigenvalue weighted by molar-refractivity contribution is 9.10. The average molecular weight is 311 g/mol. The number of benzene rings is 1. The summed E-state index contributed by atoms with van der Waals surface area (Å²) in [6.07, 6.45) is 3.79. The molecule has 0 aliphatic carbocycles. The number of likely N-dealkylation sites (tertiary alicyclic amines) is 1. The molecule has 2 rings (SSSR count). The maximum Gasteiger partial charge on any atom is 0.0233 e. The van der Waals surface area contributed by atoms with E-state index in [0.29, 0.717) is 6.04 Å². The lowest BCUT2D eigenvalue weighted by atomic mass is 9.91. The number of halogens is 1. The quantitative estimate of drug-likeness (QED) is 0.923. The van der Waals surface area contributed by atoms with Crippen LogP contribution in [0.3, 0.4) is 0 Å². The molecule has 1 unspecified atom stereocenters. The first-order chi connectivity index (χ1) is 8.63. The van der Waals surface area contributed by atoms with Crippen LogP contribution in [0.25, 0.3) is 0 Å². The summed E-state index contributed by atoms with van der Waals surface area (Å²) in [7, 11) is 0. The smallest absolute Gasteiger partial charge is 0.0233 e. The molecule has 0 aromatic heterocycles. The monoisotopic (exact) mass is 310 g/mol. The zero-order valence-corrected chi connectivity index (χ0v) is 12.7. The number of nitrogens with zero attached hydrogens (tertiary/aromatic N) is 1. The number of rotatable bonds is 4. The van der Waals surface area contributed by atoms with Crippen molar-refractivity contribution in [3.63, 3.8) is 0 Å². The van der Waals surface area contributed by atoms with Crippen LogP contribution in [0.15, 0.2) is 28.7 Å². The van der Waals surface area contributed by atoms with E-state index in [1.54, 1.807) is 0 Å². The normalized spacial score (nSPS) is 19.9. The van der Waals surface area contributed by atoms with Gasteiger partial charge < -0.3 is 5.73 Å². The molecule has 0 amide bonds. The Morgan fingerprint density at radius 2 is 1.89 bits per heavy atom. The molecular weight excluding hydrogens is 288 g/mol. The highest BCUT2D eigenvalue weighted by Gasteiger charge is 2.19. The van der Waals surface area contributed by atoms with Gasteiger partial charge in [-0.15, -0.1) is 0 Å². The van der Waals surface area contributed by atoms with E-state index in [-0.39, 0.29) is 0 Å². The molecule has 1 aromatic carbocycles. The average Bonchev–Trinajstić information content (AvgIpc) is 2.34. The van der Waals surface area contributed by atoms with Crippen LogP contribution in [-0.2, 0) is 6.54 Å². The minimum Gasteiger partial charge on any atom is -0.328 e. The van der Waals surface area contributed by atoms with Crippen LogP contribution in [0, 0.1) is 5.92 Å². The Morgan fingerprint density at radius 1 is 1.28 bits per heavy atom. The molecule has 2 N–H and O–H groups in total. The molecule has 1 aliphatic rings. The second kappa shape index (κ2) is 6.69. The number of piperidine rings is 1.